The molecule has 0 aromatic heterocycles. The minimum Gasteiger partial charge on any atom is -0.351 e. The van der Waals surface area contributed by atoms with Crippen LogP contribution in [0.4, 0.5) is 5.69 Å². The van der Waals surface area contributed by atoms with Crippen LogP contribution in [0, 0.1) is 11.8 Å². The van der Waals surface area contributed by atoms with Crippen molar-refractivity contribution in [2.75, 3.05) is 10.6 Å². The maximum atomic E-state index is 12.9. The third-order valence-electron chi connectivity index (χ3n) is 5.48. The van der Waals surface area contributed by atoms with Crippen molar-refractivity contribution < 1.29 is 13.2 Å². The number of fused-ring (bicyclic) bond motifs is 2. The summed E-state index contributed by atoms with van der Waals surface area (Å²) < 4.78 is 26.0. The molecule has 1 aromatic rings. The minimum atomic E-state index is -3.60. The second kappa shape index (κ2) is 7.16. The number of anilines is 1. The van der Waals surface area contributed by atoms with E-state index in [-0.39, 0.29) is 11.9 Å². The minimum absolute atomic E-state index is 0.187. The lowest BCUT2D eigenvalue weighted by Gasteiger charge is -2.32. The predicted octanol–water partition coefficient (Wildman–Crippen LogP) is 3.19. The molecule has 3 rings (SSSR count). The van der Waals surface area contributed by atoms with Crippen LogP contribution >= 0.6 is 11.6 Å². The summed E-state index contributed by atoms with van der Waals surface area (Å²) in [5, 5.41) is 3.65. The van der Waals surface area contributed by atoms with Crippen LogP contribution in [0.2, 0.25) is 5.02 Å². The van der Waals surface area contributed by atoms with Crippen molar-refractivity contribution in [1.82, 2.24) is 5.32 Å². The Kier molecular flexibility index (Phi) is 5.30. The monoisotopic (exact) mass is 384 g/mol. The molecule has 1 aromatic carbocycles. The fourth-order valence-electron chi connectivity index (χ4n) is 4.35. The Balaban J connectivity index is 1.82. The highest BCUT2D eigenvalue weighted by Crippen LogP contribution is 2.44. The van der Waals surface area contributed by atoms with Crippen LogP contribution in [0.3, 0.4) is 0 Å². The van der Waals surface area contributed by atoms with Crippen molar-refractivity contribution in [3.63, 3.8) is 0 Å². The zero-order valence-electron chi connectivity index (χ0n) is 14.6. The number of hydrogen-bond acceptors (Lipinski definition) is 3. The predicted molar refractivity (Wildman–Crippen MR) is 100 cm³/mol. The van der Waals surface area contributed by atoms with Gasteiger partial charge in [-0.1, -0.05) is 24.9 Å². The van der Waals surface area contributed by atoms with Gasteiger partial charge in [0.05, 0.1) is 11.9 Å². The molecule has 25 heavy (non-hydrogen) atoms. The van der Waals surface area contributed by atoms with Gasteiger partial charge in [0, 0.05) is 11.1 Å². The van der Waals surface area contributed by atoms with Crippen LogP contribution in [0.15, 0.2) is 24.3 Å². The van der Waals surface area contributed by atoms with Crippen molar-refractivity contribution in [3.05, 3.63) is 29.3 Å². The number of amides is 1. The van der Waals surface area contributed by atoms with Crippen molar-refractivity contribution in [3.8, 4) is 0 Å². The summed E-state index contributed by atoms with van der Waals surface area (Å²) in [5.41, 5.74) is 0.460. The molecule has 7 heteroatoms. The SMILES string of the molecule is CCC(C(=O)NC1CC2CCC1C2)N(c1ccc(Cl)cc1)S(C)(=O)=O. The molecule has 0 spiro atoms. The smallest absolute Gasteiger partial charge is 0.244 e. The molecule has 2 saturated carbocycles. The Morgan fingerprint density at radius 2 is 1.96 bits per heavy atom. The molecule has 2 fully saturated rings. The standard InChI is InChI=1S/C18H25ClN2O3S/c1-3-17(18(22)20-16-11-12-4-5-13(16)10-12)21(25(2,23)24)15-8-6-14(19)7-9-15/h6-9,12-13,16-17H,3-5,10-11H2,1-2H3,(H,20,22). The van der Waals surface area contributed by atoms with Crippen molar-refractivity contribution in [1.29, 1.82) is 0 Å². The Morgan fingerprint density at radius 3 is 2.44 bits per heavy atom. The number of nitrogens with one attached hydrogen (secondary N) is 1. The Bertz CT molecular complexity index is 735. The van der Waals surface area contributed by atoms with Crippen LogP contribution in [-0.4, -0.2) is 32.7 Å². The normalized spacial score (nSPS) is 26.4. The Hall–Kier alpha value is -1.27. The molecular formula is C18H25ClN2O3S. The van der Waals surface area contributed by atoms with Gasteiger partial charge in [0.15, 0.2) is 0 Å². The molecule has 0 saturated heterocycles. The molecule has 0 aliphatic heterocycles. The maximum absolute atomic E-state index is 12.9. The number of sulfonamides is 1. The van der Waals surface area contributed by atoms with Crippen molar-refractivity contribution >= 4 is 33.2 Å². The summed E-state index contributed by atoms with van der Waals surface area (Å²) in [6.45, 7) is 1.83. The van der Waals surface area contributed by atoms with Crippen LogP contribution in [0.5, 0.6) is 0 Å². The molecule has 5 nitrogen and oxygen atoms in total. The number of nitrogens with zero attached hydrogens (tertiary/aromatic N) is 1. The van der Waals surface area contributed by atoms with E-state index in [1.54, 1.807) is 24.3 Å². The molecule has 0 heterocycles. The van der Waals surface area contributed by atoms with Gasteiger partial charge in [-0.2, -0.15) is 0 Å². The zero-order valence-corrected chi connectivity index (χ0v) is 16.2. The number of benzene rings is 1. The average molecular weight is 385 g/mol. The first-order valence-electron chi connectivity index (χ1n) is 8.85. The van der Waals surface area contributed by atoms with Gasteiger partial charge in [-0.25, -0.2) is 8.42 Å². The van der Waals surface area contributed by atoms with Crippen LogP contribution in [0.25, 0.3) is 0 Å². The summed E-state index contributed by atoms with van der Waals surface area (Å²) in [4.78, 5) is 12.9. The van der Waals surface area contributed by atoms with Gasteiger partial charge in [-0.3, -0.25) is 9.10 Å². The number of carbonyl (C=O) groups excluding carboxylic acids is 1. The first kappa shape index (κ1) is 18.5. The maximum Gasteiger partial charge on any atom is 0.244 e. The van der Waals surface area contributed by atoms with E-state index >= 15 is 0 Å². The highest BCUT2D eigenvalue weighted by Gasteiger charge is 2.41. The number of hydrogen-bond donors (Lipinski definition) is 1. The summed E-state index contributed by atoms with van der Waals surface area (Å²) >= 11 is 5.91. The van der Waals surface area contributed by atoms with E-state index in [0.29, 0.717) is 23.0 Å². The Morgan fingerprint density at radius 1 is 1.28 bits per heavy atom. The van der Waals surface area contributed by atoms with E-state index in [1.165, 1.54) is 23.6 Å². The number of halogens is 1. The van der Waals surface area contributed by atoms with Gasteiger partial charge in [0.2, 0.25) is 15.9 Å². The summed E-state index contributed by atoms with van der Waals surface area (Å²) in [6, 6.07) is 5.97. The second-order valence-electron chi connectivity index (χ2n) is 7.25. The van der Waals surface area contributed by atoms with E-state index in [9.17, 15) is 13.2 Å². The fourth-order valence-corrected chi connectivity index (χ4v) is 5.69. The first-order valence-corrected chi connectivity index (χ1v) is 11.1. The van der Waals surface area contributed by atoms with Gasteiger partial charge < -0.3 is 5.32 Å². The molecule has 1 N–H and O–H groups in total. The number of rotatable bonds is 6. The van der Waals surface area contributed by atoms with Crippen LogP contribution in [0.1, 0.15) is 39.0 Å². The lowest BCUT2D eigenvalue weighted by Crippen LogP contribution is -2.52. The summed E-state index contributed by atoms with van der Waals surface area (Å²) in [7, 11) is -3.60. The van der Waals surface area contributed by atoms with Gasteiger partial charge in [-0.05, 0) is 61.8 Å². The first-order chi connectivity index (χ1) is 11.8. The van der Waals surface area contributed by atoms with E-state index in [2.05, 4.69) is 5.32 Å². The summed E-state index contributed by atoms with van der Waals surface area (Å²) in [5.74, 6) is 1.06. The van der Waals surface area contributed by atoms with E-state index in [1.807, 2.05) is 6.92 Å². The van der Waals surface area contributed by atoms with Crippen LogP contribution in [-0.2, 0) is 14.8 Å². The topological polar surface area (TPSA) is 66.5 Å². The third kappa shape index (κ3) is 3.95. The molecule has 4 atom stereocenters. The second-order valence-corrected chi connectivity index (χ2v) is 9.55. The van der Waals surface area contributed by atoms with Gasteiger partial charge in [-0.15, -0.1) is 0 Å². The summed E-state index contributed by atoms with van der Waals surface area (Å²) in [6.07, 6.45) is 6.17. The van der Waals surface area contributed by atoms with E-state index in [0.717, 1.165) is 18.6 Å². The highest BCUT2D eigenvalue weighted by atomic mass is 35.5. The van der Waals surface area contributed by atoms with E-state index < -0.39 is 16.1 Å². The highest BCUT2D eigenvalue weighted by molar-refractivity contribution is 7.92. The van der Waals surface area contributed by atoms with Crippen molar-refractivity contribution in [2.45, 2.75) is 51.1 Å². The van der Waals surface area contributed by atoms with Gasteiger partial charge >= 0.3 is 0 Å². The third-order valence-corrected chi connectivity index (χ3v) is 6.91. The van der Waals surface area contributed by atoms with Gasteiger partial charge in [0.1, 0.15) is 6.04 Å². The largest absolute Gasteiger partial charge is 0.351 e. The Labute approximate surface area is 154 Å². The molecular weight excluding hydrogens is 360 g/mol. The average Bonchev–Trinajstić information content (AvgIpc) is 3.15. The lowest BCUT2D eigenvalue weighted by atomic mass is 9.95. The molecule has 2 aliphatic rings. The van der Waals surface area contributed by atoms with E-state index in [4.69, 9.17) is 11.6 Å². The quantitative estimate of drug-likeness (QED) is 0.819. The lowest BCUT2D eigenvalue weighted by molar-refractivity contribution is -0.123. The zero-order chi connectivity index (χ0) is 18.2. The molecule has 4 unspecified atom stereocenters. The number of carbonyl (C=O) groups is 1. The van der Waals surface area contributed by atoms with Crippen molar-refractivity contribution in [2.24, 2.45) is 11.8 Å². The molecule has 1 amide bonds. The van der Waals surface area contributed by atoms with Gasteiger partial charge in [0.25, 0.3) is 0 Å². The molecule has 2 bridgehead atoms. The molecule has 0 radical (unpaired) electrons. The fraction of sp³-hybridized carbons (Fsp3) is 0.611. The molecule has 2 aliphatic carbocycles. The van der Waals surface area contributed by atoms with Crippen LogP contribution < -0.4 is 9.62 Å². The molecule has 138 valence electrons.